The molecule has 1 nitrogen and oxygen atoms in total. The molecule has 0 unspecified atom stereocenters. The first-order chi connectivity index (χ1) is 8.99. The molecule has 0 radical (unpaired) electrons. The Morgan fingerprint density at radius 1 is 1.16 bits per heavy atom. The number of ketones is 1. The summed E-state index contributed by atoms with van der Waals surface area (Å²) in [5.74, 6) is -0.283. The Balaban J connectivity index is 2.31. The molecule has 0 fully saturated rings. The van der Waals surface area contributed by atoms with Crippen LogP contribution in [0.25, 0.3) is 0 Å². The Morgan fingerprint density at radius 3 is 2.37 bits per heavy atom. The third-order valence-corrected chi connectivity index (χ3v) is 4.11. The number of benzene rings is 2. The second-order valence-electron chi connectivity index (χ2n) is 4.59. The lowest BCUT2D eigenvalue weighted by atomic mass is 9.95. The van der Waals surface area contributed by atoms with Gasteiger partial charge in [-0.05, 0) is 71.3 Å². The molecule has 19 heavy (non-hydrogen) atoms. The molecule has 0 spiro atoms. The maximum absolute atomic E-state index is 13.0. The fourth-order valence-corrected chi connectivity index (χ4v) is 2.88. The normalized spacial score (nSPS) is 10.5. The Morgan fingerprint density at radius 2 is 1.79 bits per heavy atom. The SMILES string of the molecule is Cc1cccc(C)c1CC(=O)c1ccc(F)cc1I. The molecule has 2 aromatic carbocycles. The maximum atomic E-state index is 13.0. The molecule has 3 heteroatoms. The molecule has 0 saturated heterocycles. The number of Topliss-reactive ketones (excluding diaryl/α,β-unsaturated/α-hetero) is 1. The summed E-state index contributed by atoms with van der Waals surface area (Å²) < 4.78 is 13.7. The van der Waals surface area contributed by atoms with Gasteiger partial charge in [0.2, 0.25) is 0 Å². The lowest BCUT2D eigenvalue weighted by Crippen LogP contribution is -2.08. The summed E-state index contributed by atoms with van der Waals surface area (Å²) in [7, 11) is 0. The number of carbonyl (C=O) groups excluding carboxylic acids is 1. The molecule has 2 rings (SSSR count). The van der Waals surface area contributed by atoms with Gasteiger partial charge in [0, 0.05) is 15.6 Å². The minimum atomic E-state index is -0.312. The van der Waals surface area contributed by atoms with Crippen molar-refractivity contribution in [1.82, 2.24) is 0 Å². The van der Waals surface area contributed by atoms with Crippen LogP contribution in [-0.2, 0) is 6.42 Å². The van der Waals surface area contributed by atoms with Crippen molar-refractivity contribution in [3.05, 3.63) is 68.0 Å². The summed E-state index contributed by atoms with van der Waals surface area (Å²) in [5.41, 5.74) is 3.88. The van der Waals surface area contributed by atoms with Gasteiger partial charge in [0.1, 0.15) is 5.82 Å². The van der Waals surface area contributed by atoms with Crippen molar-refractivity contribution < 1.29 is 9.18 Å². The van der Waals surface area contributed by atoms with E-state index >= 15 is 0 Å². The van der Waals surface area contributed by atoms with Crippen molar-refractivity contribution in [2.45, 2.75) is 20.3 Å². The first-order valence-electron chi connectivity index (χ1n) is 6.02. The third kappa shape index (κ3) is 3.21. The Hall–Kier alpha value is -1.23. The van der Waals surface area contributed by atoms with Gasteiger partial charge in [-0.1, -0.05) is 18.2 Å². The number of hydrogen-bond donors (Lipinski definition) is 0. The number of halogens is 2. The van der Waals surface area contributed by atoms with E-state index in [0.717, 1.165) is 16.7 Å². The van der Waals surface area contributed by atoms with Gasteiger partial charge in [-0.25, -0.2) is 4.39 Å². The highest BCUT2D eigenvalue weighted by atomic mass is 127. The van der Waals surface area contributed by atoms with E-state index in [1.165, 1.54) is 12.1 Å². The largest absolute Gasteiger partial charge is 0.294 e. The highest BCUT2D eigenvalue weighted by Gasteiger charge is 2.13. The van der Waals surface area contributed by atoms with Crippen LogP contribution in [0.15, 0.2) is 36.4 Å². The van der Waals surface area contributed by atoms with Crippen molar-refractivity contribution in [2.24, 2.45) is 0 Å². The van der Waals surface area contributed by atoms with Crippen LogP contribution in [0.4, 0.5) is 4.39 Å². The summed E-state index contributed by atoms with van der Waals surface area (Å²) in [5, 5.41) is 0. The molecule has 0 aliphatic rings. The molecule has 0 heterocycles. The smallest absolute Gasteiger partial charge is 0.168 e. The second-order valence-corrected chi connectivity index (χ2v) is 5.76. The van der Waals surface area contributed by atoms with Crippen LogP contribution in [0.3, 0.4) is 0 Å². The van der Waals surface area contributed by atoms with E-state index in [1.54, 1.807) is 6.07 Å². The molecule has 0 aliphatic heterocycles. The summed E-state index contributed by atoms with van der Waals surface area (Å²) in [4.78, 5) is 12.3. The molecule has 0 bridgehead atoms. The lowest BCUT2D eigenvalue weighted by Gasteiger charge is -2.10. The van der Waals surface area contributed by atoms with E-state index in [-0.39, 0.29) is 11.6 Å². The molecule has 2 aromatic rings. The summed E-state index contributed by atoms with van der Waals surface area (Å²) in [6.07, 6.45) is 0.361. The first kappa shape index (κ1) is 14.2. The van der Waals surface area contributed by atoms with E-state index in [0.29, 0.717) is 15.6 Å². The number of rotatable bonds is 3. The number of aryl methyl sites for hydroxylation is 2. The fraction of sp³-hybridized carbons (Fsp3) is 0.188. The quantitative estimate of drug-likeness (QED) is 0.577. The van der Waals surface area contributed by atoms with Crippen molar-refractivity contribution in [3.63, 3.8) is 0 Å². The predicted octanol–water partition coefficient (Wildman–Crippen LogP) is 4.47. The zero-order valence-corrected chi connectivity index (χ0v) is 13.0. The molecule has 0 atom stereocenters. The first-order valence-corrected chi connectivity index (χ1v) is 7.10. The van der Waals surface area contributed by atoms with Crippen LogP contribution in [0.1, 0.15) is 27.0 Å². The maximum Gasteiger partial charge on any atom is 0.168 e. The van der Waals surface area contributed by atoms with E-state index in [9.17, 15) is 9.18 Å². The van der Waals surface area contributed by atoms with Crippen molar-refractivity contribution in [1.29, 1.82) is 0 Å². The molecule has 0 N–H and O–H groups in total. The Kier molecular flexibility index (Phi) is 4.34. The standard InChI is InChI=1S/C16H14FIO/c1-10-4-3-5-11(2)14(10)9-16(19)13-7-6-12(17)8-15(13)18/h3-8H,9H2,1-2H3. The Labute approximate surface area is 126 Å². The van der Waals surface area contributed by atoms with Crippen LogP contribution in [0, 0.1) is 23.2 Å². The van der Waals surface area contributed by atoms with Crippen LogP contribution in [0.2, 0.25) is 0 Å². The highest BCUT2D eigenvalue weighted by Crippen LogP contribution is 2.19. The third-order valence-electron chi connectivity index (χ3n) is 3.21. The van der Waals surface area contributed by atoms with E-state index in [2.05, 4.69) is 0 Å². The van der Waals surface area contributed by atoms with Crippen LogP contribution in [-0.4, -0.2) is 5.78 Å². The Bertz CT molecular complexity index is 614. The average Bonchev–Trinajstić information content (AvgIpc) is 2.33. The molecule has 0 amide bonds. The molecule has 0 aromatic heterocycles. The van der Waals surface area contributed by atoms with Gasteiger partial charge in [0.05, 0.1) is 0 Å². The molecule has 0 aliphatic carbocycles. The average molecular weight is 368 g/mol. The zero-order valence-electron chi connectivity index (χ0n) is 10.8. The van der Waals surface area contributed by atoms with Crippen molar-refractivity contribution in [3.8, 4) is 0 Å². The lowest BCUT2D eigenvalue weighted by molar-refractivity contribution is 0.0991. The van der Waals surface area contributed by atoms with Gasteiger partial charge in [-0.3, -0.25) is 4.79 Å². The number of carbonyl (C=O) groups is 1. The monoisotopic (exact) mass is 368 g/mol. The minimum absolute atomic E-state index is 0.0294. The fourth-order valence-electron chi connectivity index (χ4n) is 2.10. The van der Waals surface area contributed by atoms with Crippen molar-refractivity contribution in [2.75, 3.05) is 0 Å². The van der Waals surface area contributed by atoms with E-state index < -0.39 is 0 Å². The summed E-state index contributed by atoms with van der Waals surface area (Å²) in [6.45, 7) is 4.01. The summed E-state index contributed by atoms with van der Waals surface area (Å²) in [6, 6.07) is 10.3. The molecular weight excluding hydrogens is 354 g/mol. The van der Waals surface area contributed by atoms with Gasteiger partial charge in [-0.15, -0.1) is 0 Å². The van der Waals surface area contributed by atoms with Crippen molar-refractivity contribution >= 4 is 28.4 Å². The van der Waals surface area contributed by atoms with Crippen LogP contribution in [0.5, 0.6) is 0 Å². The van der Waals surface area contributed by atoms with Gasteiger partial charge in [0.15, 0.2) is 5.78 Å². The topological polar surface area (TPSA) is 17.1 Å². The summed E-state index contributed by atoms with van der Waals surface area (Å²) >= 11 is 2.00. The zero-order chi connectivity index (χ0) is 14.0. The van der Waals surface area contributed by atoms with Gasteiger partial charge < -0.3 is 0 Å². The van der Waals surface area contributed by atoms with Crippen LogP contribution < -0.4 is 0 Å². The minimum Gasteiger partial charge on any atom is -0.294 e. The van der Waals surface area contributed by atoms with E-state index in [4.69, 9.17) is 0 Å². The highest BCUT2D eigenvalue weighted by molar-refractivity contribution is 14.1. The molecular formula is C16H14FIO. The second kappa shape index (κ2) is 5.82. The molecule has 98 valence electrons. The predicted molar refractivity (Wildman–Crippen MR) is 83.1 cm³/mol. The van der Waals surface area contributed by atoms with E-state index in [1.807, 2.05) is 54.6 Å². The molecule has 0 saturated carbocycles. The van der Waals surface area contributed by atoms with Gasteiger partial charge in [-0.2, -0.15) is 0 Å². The van der Waals surface area contributed by atoms with Gasteiger partial charge in [0.25, 0.3) is 0 Å². The van der Waals surface area contributed by atoms with Gasteiger partial charge >= 0.3 is 0 Å². The number of hydrogen-bond acceptors (Lipinski definition) is 1. The van der Waals surface area contributed by atoms with Crippen LogP contribution >= 0.6 is 22.6 Å².